The average molecular weight is 282 g/mol. The van der Waals surface area contributed by atoms with Crippen molar-refractivity contribution in [3.63, 3.8) is 0 Å². The Labute approximate surface area is 109 Å². The average Bonchev–Trinajstić information content (AvgIpc) is 2.75. The number of aromatic nitrogens is 1. The van der Waals surface area contributed by atoms with Crippen molar-refractivity contribution >= 4 is 40.6 Å². The van der Waals surface area contributed by atoms with Gasteiger partial charge in [-0.1, -0.05) is 34.8 Å². The summed E-state index contributed by atoms with van der Waals surface area (Å²) >= 11 is 17.8. The van der Waals surface area contributed by atoms with Gasteiger partial charge in [-0.2, -0.15) is 0 Å². The third-order valence-electron chi connectivity index (χ3n) is 2.66. The molecule has 88 valence electrons. The third kappa shape index (κ3) is 2.38. The topological polar surface area (TPSA) is 25.4 Å². The van der Waals surface area contributed by atoms with E-state index in [4.69, 9.17) is 39.5 Å². The second-order valence-electron chi connectivity index (χ2n) is 3.69. The number of hydrogen-bond donors (Lipinski definition) is 0. The van der Waals surface area contributed by atoms with Crippen molar-refractivity contribution in [1.29, 1.82) is 0 Å². The molecule has 0 saturated carbocycles. The van der Waals surface area contributed by atoms with Crippen LogP contribution in [0.15, 0.2) is 6.07 Å². The number of nitrogens with zero attached hydrogens (tertiary/aromatic N) is 2. The summed E-state index contributed by atoms with van der Waals surface area (Å²) in [6.45, 7) is 1.46. The molecule has 16 heavy (non-hydrogen) atoms. The van der Waals surface area contributed by atoms with Crippen molar-refractivity contribution in [2.45, 2.75) is 12.5 Å². The van der Waals surface area contributed by atoms with E-state index in [1.54, 1.807) is 6.07 Å². The maximum absolute atomic E-state index is 6.09. The van der Waals surface area contributed by atoms with E-state index < -0.39 is 0 Å². The van der Waals surface area contributed by atoms with Crippen molar-refractivity contribution < 1.29 is 4.74 Å². The Hall–Kier alpha value is -0.220. The smallest absolute Gasteiger partial charge is 0.150 e. The summed E-state index contributed by atoms with van der Waals surface area (Å²) in [6, 6.07) is 1.90. The molecule has 0 radical (unpaired) electrons. The monoisotopic (exact) mass is 280 g/mol. The predicted molar refractivity (Wildman–Crippen MR) is 66.9 cm³/mol. The normalized spacial score (nSPS) is 20.1. The maximum atomic E-state index is 6.09. The minimum atomic E-state index is 0.270. The zero-order valence-corrected chi connectivity index (χ0v) is 11.0. The highest BCUT2D eigenvalue weighted by Gasteiger charge is 2.23. The van der Waals surface area contributed by atoms with Gasteiger partial charge in [0.1, 0.15) is 11.0 Å². The number of hydrogen-bond acceptors (Lipinski definition) is 3. The van der Waals surface area contributed by atoms with E-state index in [0.29, 0.717) is 28.5 Å². The van der Waals surface area contributed by atoms with Crippen LogP contribution in [0.4, 0.5) is 5.82 Å². The lowest BCUT2D eigenvalue weighted by Gasteiger charge is -2.25. The first-order chi connectivity index (χ1) is 7.59. The number of pyridine rings is 1. The van der Waals surface area contributed by atoms with Crippen LogP contribution in [0.5, 0.6) is 0 Å². The fourth-order valence-corrected chi connectivity index (χ4v) is 2.31. The highest BCUT2D eigenvalue weighted by molar-refractivity contribution is 6.42. The van der Waals surface area contributed by atoms with Crippen LogP contribution in [-0.2, 0) is 4.74 Å². The van der Waals surface area contributed by atoms with Crippen LogP contribution in [0.2, 0.25) is 15.2 Å². The molecule has 2 rings (SSSR count). The number of halogens is 3. The second-order valence-corrected chi connectivity index (χ2v) is 4.87. The molecule has 0 aromatic carbocycles. The van der Waals surface area contributed by atoms with Gasteiger partial charge in [0, 0.05) is 13.7 Å². The molecule has 0 N–H and O–H groups in total. The van der Waals surface area contributed by atoms with Crippen LogP contribution in [-0.4, -0.2) is 31.3 Å². The molecular weight excluding hydrogens is 270 g/mol. The molecule has 0 spiro atoms. The van der Waals surface area contributed by atoms with Gasteiger partial charge in [0.05, 0.1) is 22.7 Å². The van der Waals surface area contributed by atoms with Crippen LogP contribution in [0.25, 0.3) is 0 Å². The summed E-state index contributed by atoms with van der Waals surface area (Å²) in [5.74, 6) is 0.645. The van der Waals surface area contributed by atoms with Gasteiger partial charge in [-0.3, -0.25) is 0 Å². The Bertz CT molecular complexity index is 394. The number of anilines is 1. The van der Waals surface area contributed by atoms with E-state index in [2.05, 4.69) is 4.98 Å². The van der Waals surface area contributed by atoms with Crippen molar-refractivity contribution in [2.75, 3.05) is 25.2 Å². The Morgan fingerprint density at radius 3 is 2.75 bits per heavy atom. The molecule has 6 heteroatoms. The van der Waals surface area contributed by atoms with Crippen molar-refractivity contribution in [3.8, 4) is 0 Å². The molecule has 1 fully saturated rings. The Morgan fingerprint density at radius 1 is 1.38 bits per heavy atom. The summed E-state index contributed by atoms with van der Waals surface area (Å²) in [5, 5.41) is 1.14. The van der Waals surface area contributed by atoms with E-state index in [9.17, 15) is 0 Å². The first-order valence-electron chi connectivity index (χ1n) is 4.91. The number of likely N-dealkylation sites (N-methyl/N-ethyl adjacent to an activating group) is 1. The Kier molecular flexibility index (Phi) is 3.80. The lowest BCUT2D eigenvalue weighted by atomic mass is 10.2. The van der Waals surface area contributed by atoms with E-state index in [0.717, 1.165) is 13.0 Å². The molecule has 1 atom stereocenters. The van der Waals surface area contributed by atoms with Gasteiger partial charge in [-0.05, 0) is 12.5 Å². The number of ether oxygens (including phenoxy) is 1. The summed E-state index contributed by atoms with van der Waals surface area (Å²) in [5.41, 5.74) is 0. The first kappa shape index (κ1) is 12.2. The van der Waals surface area contributed by atoms with Crippen molar-refractivity contribution in [2.24, 2.45) is 0 Å². The lowest BCUT2D eigenvalue weighted by Crippen LogP contribution is -2.32. The molecule has 1 unspecified atom stereocenters. The summed E-state index contributed by atoms with van der Waals surface area (Å²) in [7, 11) is 1.93. The fourth-order valence-electron chi connectivity index (χ4n) is 1.68. The molecule has 0 aliphatic carbocycles. The summed E-state index contributed by atoms with van der Waals surface area (Å²) in [6.07, 6.45) is 0.967. The maximum Gasteiger partial charge on any atom is 0.150 e. The molecular formula is C10H11Cl3N2O. The highest BCUT2D eigenvalue weighted by atomic mass is 35.5. The molecule has 1 aromatic rings. The zero-order valence-electron chi connectivity index (χ0n) is 8.71. The van der Waals surface area contributed by atoms with Gasteiger partial charge in [0.25, 0.3) is 0 Å². The SMILES string of the molecule is CN(c1nc(Cl)c(Cl)cc1Cl)C1CCOC1. The van der Waals surface area contributed by atoms with E-state index >= 15 is 0 Å². The van der Waals surface area contributed by atoms with Crippen LogP contribution >= 0.6 is 34.8 Å². The van der Waals surface area contributed by atoms with Gasteiger partial charge in [0.15, 0.2) is 0 Å². The molecule has 1 aromatic heterocycles. The molecule has 0 amide bonds. The third-order valence-corrected chi connectivity index (χ3v) is 3.61. The van der Waals surface area contributed by atoms with Gasteiger partial charge in [-0.25, -0.2) is 4.98 Å². The Morgan fingerprint density at radius 2 is 2.12 bits per heavy atom. The molecule has 1 saturated heterocycles. The minimum Gasteiger partial charge on any atom is -0.379 e. The summed E-state index contributed by atoms with van der Waals surface area (Å²) < 4.78 is 5.32. The van der Waals surface area contributed by atoms with Gasteiger partial charge < -0.3 is 9.64 Å². The van der Waals surface area contributed by atoms with Crippen LogP contribution in [0.1, 0.15) is 6.42 Å². The molecule has 0 bridgehead atoms. The summed E-state index contributed by atoms with van der Waals surface area (Å²) in [4.78, 5) is 6.17. The predicted octanol–water partition coefficient (Wildman–Crippen LogP) is 3.27. The highest BCUT2D eigenvalue weighted by Crippen LogP contribution is 2.32. The molecule has 1 aliphatic heterocycles. The van der Waals surface area contributed by atoms with Crippen LogP contribution in [0.3, 0.4) is 0 Å². The standard InChI is InChI=1S/C10H11Cl3N2O/c1-15(6-2-3-16-5-6)10-8(12)4-7(11)9(13)14-10/h4,6H,2-3,5H2,1H3. The van der Waals surface area contributed by atoms with Gasteiger partial charge >= 0.3 is 0 Å². The van der Waals surface area contributed by atoms with Crippen molar-refractivity contribution in [3.05, 3.63) is 21.3 Å². The van der Waals surface area contributed by atoms with Crippen molar-refractivity contribution in [1.82, 2.24) is 4.98 Å². The molecule has 2 heterocycles. The van der Waals surface area contributed by atoms with Gasteiger partial charge in [-0.15, -0.1) is 0 Å². The van der Waals surface area contributed by atoms with E-state index in [1.807, 2.05) is 11.9 Å². The second kappa shape index (κ2) is 4.96. The zero-order chi connectivity index (χ0) is 11.7. The van der Waals surface area contributed by atoms with Crippen LogP contribution < -0.4 is 4.90 Å². The largest absolute Gasteiger partial charge is 0.379 e. The minimum absolute atomic E-state index is 0.270. The quantitative estimate of drug-likeness (QED) is 0.778. The Balaban J connectivity index is 2.28. The van der Waals surface area contributed by atoms with E-state index in [-0.39, 0.29) is 5.15 Å². The van der Waals surface area contributed by atoms with E-state index in [1.165, 1.54) is 0 Å². The van der Waals surface area contributed by atoms with Gasteiger partial charge in [0.2, 0.25) is 0 Å². The molecule has 1 aliphatic rings. The fraction of sp³-hybridized carbons (Fsp3) is 0.500. The van der Waals surface area contributed by atoms with Crippen LogP contribution in [0, 0.1) is 0 Å². The number of rotatable bonds is 2. The lowest BCUT2D eigenvalue weighted by molar-refractivity contribution is 0.193. The first-order valence-corrected chi connectivity index (χ1v) is 6.05. The molecule has 3 nitrogen and oxygen atoms in total.